The molecule has 2 rings (SSSR count). The van der Waals surface area contributed by atoms with E-state index in [4.69, 9.17) is 4.42 Å². The van der Waals surface area contributed by atoms with Crippen LogP contribution in [-0.2, 0) is 13.5 Å². The van der Waals surface area contributed by atoms with Crippen molar-refractivity contribution in [1.29, 1.82) is 0 Å². The molecule has 0 aliphatic rings. The van der Waals surface area contributed by atoms with Crippen LogP contribution in [0.15, 0.2) is 29.1 Å². The van der Waals surface area contributed by atoms with Crippen molar-refractivity contribution >= 4 is 5.78 Å². The first kappa shape index (κ1) is 9.71. The zero-order valence-corrected chi connectivity index (χ0v) is 8.73. The summed E-state index contributed by atoms with van der Waals surface area (Å²) in [5.74, 6) is 0.0551. The number of aromatic nitrogens is 2. The van der Waals surface area contributed by atoms with Crippen LogP contribution in [0.25, 0.3) is 0 Å². The number of nitrogens with zero attached hydrogens (tertiary/aromatic N) is 2. The number of hydrogen-bond acceptors (Lipinski definition) is 3. The van der Waals surface area contributed by atoms with Crippen LogP contribution in [0.3, 0.4) is 0 Å². The average Bonchev–Trinajstić information content (AvgIpc) is 2.75. The predicted octanol–water partition coefficient (Wildman–Crippen LogP) is 1.75. The van der Waals surface area contributed by atoms with Crippen LogP contribution in [0.1, 0.15) is 21.7 Å². The van der Waals surface area contributed by atoms with E-state index >= 15 is 0 Å². The van der Waals surface area contributed by atoms with E-state index in [-0.39, 0.29) is 5.78 Å². The van der Waals surface area contributed by atoms with Gasteiger partial charge in [-0.3, -0.25) is 9.48 Å². The van der Waals surface area contributed by atoms with Crippen LogP contribution >= 0.6 is 0 Å². The number of carbonyl (C=O) groups excluding carboxylic acids is 1. The van der Waals surface area contributed by atoms with Crippen LogP contribution in [-0.4, -0.2) is 15.6 Å². The molecule has 0 fully saturated rings. The second-order valence-electron chi connectivity index (χ2n) is 3.53. The number of ketones is 1. The van der Waals surface area contributed by atoms with Crippen LogP contribution in [0.5, 0.6) is 0 Å². The van der Waals surface area contributed by atoms with Gasteiger partial charge in [-0.05, 0) is 24.6 Å². The quantitative estimate of drug-likeness (QED) is 0.715. The summed E-state index contributed by atoms with van der Waals surface area (Å²) in [6, 6.07) is 3.59. The highest BCUT2D eigenvalue weighted by molar-refractivity contribution is 5.96. The molecule has 4 heteroatoms. The molecule has 0 aliphatic heterocycles. The van der Waals surface area contributed by atoms with Gasteiger partial charge in [-0.25, -0.2) is 0 Å². The lowest BCUT2D eigenvalue weighted by atomic mass is 10.1. The second kappa shape index (κ2) is 3.73. The van der Waals surface area contributed by atoms with Crippen molar-refractivity contribution in [3.05, 3.63) is 41.6 Å². The minimum absolute atomic E-state index is 0.0551. The minimum Gasteiger partial charge on any atom is -0.472 e. The first-order valence-electron chi connectivity index (χ1n) is 4.72. The molecule has 0 saturated carbocycles. The van der Waals surface area contributed by atoms with Crippen molar-refractivity contribution in [2.45, 2.75) is 13.3 Å². The van der Waals surface area contributed by atoms with E-state index in [2.05, 4.69) is 5.10 Å². The Labute approximate surface area is 87.5 Å². The fourth-order valence-corrected chi connectivity index (χ4v) is 1.54. The fraction of sp³-hybridized carbons (Fsp3) is 0.273. The summed E-state index contributed by atoms with van der Waals surface area (Å²) in [6.07, 6.45) is 3.51. The molecule has 0 aromatic carbocycles. The largest absolute Gasteiger partial charge is 0.472 e. The Hall–Kier alpha value is -1.84. The standard InChI is InChI=1S/C11H12N2O2/c1-8-5-10(13(2)12-8)11(14)6-9-3-4-15-7-9/h3-5,7H,6H2,1-2H3. The zero-order valence-electron chi connectivity index (χ0n) is 8.73. The Balaban J connectivity index is 2.18. The lowest BCUT2D eigenvalue weighted by Crippen LogP contribution is -2.09. The number of rotatable bonds is 3. The molecule has 4 nitrogen and oxygen atoms in total. The Morgan fingerprint density at radius 1 is 1.60 bits per heavy atom. The molecule has 0 atom stereocenters. The zero-order chi connectivity index (χ0) is 10.8. The number of furan rings is 1. The maximum Gasteiger partial charge on any atom is 0.185 e. The Morgan fingerprint density at radius 3 is 2.93 bits per heavy atom. The van der Waals surface area contributed by atoms with Crippen molar-refractivity contribution < 1.29 is 9.21 Å². The molecule has 15 heavy (non-hydrogen) atoms. The van der Waals surface area contributed by atoms with Crippen molar-refractivity contribution in [3.8, 4) is 0 Å². The van der Waals surface area contributed by atoms with Crippen LogP contribution in [0, 0.1) is 6.92 Å². The van der Waals surface area contributed by atoms with E-state index in [1.54, 1.807) is 36.4 Å². The van der Waals surface area contributed by atoms with Gasteiger partial charge in [0.05, 0.1) is 18.2 Å². The van der Waals surface area contributed by atoms with Crippen molar-refractivity contribution in [1.82, 2.24) is 9.78 Å². The van der Waals surface area contributed by atoms with E-state index < -0.39 is 0 Å². The highest BCUT2D eigenvalue weighted by Gasteiger charge is 2.12. The lowest BCUT2D eigenvalue weighted by Gasteiger charge is -1.98. The smallest absolute Gasteiger partial charge is 0.185 e. The summed E-state index contributed by atoms with van der Waals surface area (Å²) in [5.41, 5.74) is 2.38. The Bertz CT molecular complexity index is 469. The van der Waals surface area contributed by atoms with Crippen molar-refractivity contribution in [2.75, 3.05) is 0 Å². The molecule has 2 aromatic rings. The number of hydrogen-bond donors (Lipinski definition) is 0. The highest BCUT2D eigenvalue weighted by atomic mass is 16.3. The molecule has 2 heterocycles. The number of Topliss-reactive ketones (excluding diaryl/α,β-unsaturated/α-hetero) is 1. The number of carbonyl (C=O) groups is 1. The van der Waals surface area contributed by atoms with Gasteiger partial charge < -0.3 is 4.42 Å². The van der Waals surface area contributed by atoms with Gasteiger partial charge in [0, 0.05) is 13.5 Å². The predicted molar refractivity (Wildman–Crippen MR) is 54.7 cm³/mol. The minimum atomic E-state index is 0.0551. The SMILES string of the molecule is Cc1cc(C(=O)Cc2ccoc2)n(C)n1. The van der Waals surface area contributed by atoms with Crippen LogP contribution in [0.2, 0.25) is 0 Å². The number of aryl methyl sites for hydroxylation is 2. The lowest BCUT2D eigenvalue weighted by molar-refractivity contribution is 0.0984. The second-order valence-corrected chi connectivity index (χ2v) is 3.53. The summed E-state index contributed by atoms with van der Waals surface area (Å²) >= 11 is 0. The average molecular weight is 204 g/mol. The Kier molecular flexibility index (Phi) is 2.41. The van der Waals surface area contributed by atoms with E-state index in [9.17, 15) is 4.79 Å². The van der Waals surface area contributed by atoms with Gasteiger partial charge in [0.1, 0.15) is 5.69 Å². The van der Waals surface area contributed by atoms with Gasteiger partial charge in [-0.1, -0.05) is 0 Å². The van der Waals surface area contributed by atoms with Gasteiger partial charge in [-0.2, -0.15) is 5.10 Å². The molecule has 0 radical (unpaired) electrons. The van der Waals surface area contributed by atoms with E-state index in [0.29, 0.717) is 12.1 Å². The third-order valence-corrected chi connectivity index (χ3v) is 2.23. The van der Waals surface area contributed by atoms with Crippen molar-refractivity contribution in [2.24, 2.45) is 7.05 Å². The highest BCUT2D eigenvalue weighted by Crippen LogP contribution is 2.08. The fourth-order valence-electron chi connectivity index (χ4n) is 1.54. The molecule has 0 spiro atoms. The van der Waals surface area contributed by atoms with Gasteiger partial charge in [-0.15, -0.1) is 0 Å². The molecule has 78 valence electrons. The summed E-state index contributed by atoms with van der Waals surface area (Å²) in [6.45, 7) is 1.87. The van der Waals surface area contributed by atoms with E-state index in [1.807, 2.05) is 6.92 Å². The molecule has 2 aromatic heterocycles. The normalized spacial score (nSPS) is 10.5. The van der Waals surface area contributed by atoms with Gasteiger partial charge in [0.15, 0.2) is 5.78 Å². The third-order valence-electron chi connectivity index (χ3n) is 2.23. The van der Waals surface area contributed by atoms with E-state index in [1.165, 1.54) is 0 Å². The first-order chi connectivity index (χ1) is 7.16. The molecule has 0 amide bonds. The summed E-state index contributed by atoms with van der Waals surface area (Å²) in [5, 5.41) is 4.13. The molecular weight excluding hydrogens is 192 g/mol. The maximum absolute atomic E-state index is 11.8. The molecule has 0 bridgehead atoms. The van der Waals surface area contributed by atoms with Crippen LogP contribution in [0.4, 0.5) is 0 Å². The molecular formula is C11H12N2O2. The monoisotopic (exact) mass is 204 g/mol. The first-order valence-corrected chi connectivity index (χ1v) is 4.72. The molecule has 0 aliphatic carbocycles. The topological polar surface area (TPSA) is 48.0 Å². The van der Waals surface area contributed by atoms with Gasteiger partial charge >= 0.3 is 0 Å². The van der Waals surface area contributed by atoms with Gasteiger partial charge in [0.2, 0.25) is 0 Å². The third kappa shape index (κ3) is 1.98. The molecule has 0 saturated heterocycles. The van der Waals surface area contributed by atoms with Gasteiger partial charge in [0.25, 0.3) is 0 Å². The maximum atomic E-state index is 11.8. The summed E-state index contributed by atoms with van der Waals surface area (Å²) < 4.78 is 6.52. The van der Waals surface area contributed by atoms with E-state index in [0.717, 1.165) is 11.3 Å². The van der Waals surface area contributed by atoms with Crippen molar-refractivity contribution in [3.63, 3.8) is 0 Å². The Morgan fingerprint density at radius 2 is 2.40 bits per heavy atom. The molecule has 0 N–H and O–H groups in total. The molecule has 0 unspecified atom stereocenters. The summed E-state index contributed by atoms with van der Waals surface area (Å²) in [7, 11) is 1.77. The summed E-state index contributed by atoms with van der Waals surface area (Å²) in [4.78, 5) is 11.8. The van der Waals surface area contributed by atoms with Crippen LogP contribution < -0.4 is 0 Å².